The van der Waals surface area contributed by atoms with E-state index < -0.39 is 16.0 Å². The Morgan fingerprint density at radius 2 is 2.27 bits per heavy atom. The van der Waals surface area contributed by atoms with E-state index in [0.717, 1.165) is 12.8 Å². The predicted molar refractivity (Wildman–Crippen MR) is 94.5 cm³/mol. The van der Waals surface area contributed by atoms with E-state index in [9.17, 15) is 17.6 Å². The van der Waals surface area contributed by atoms with Crippen LogP contribution in [0.25, 0.3) is 10.9 Å². The maximum atomic E-state index is 14.0. The van der Waals surface area contributed by atoms with Gasteiger partial charge >= 0.3 is 0 Å². The molecule has 1 aromatic heterocycles. The fraction of sp³-hybridized carbons (Fsp3) is 0.438. The summed E-state index contributed by atoms with van der Waals surface area (Å²) >= 11 is 0. The number of nitrogens with zero attached hydrogens (tertiary/aromatic N) is 1. The number of halogens is 1. The fourth-order valence-corrected chi connectivity index (χ4v) is 3.74. The molecule has 1 fully saturated rings. The molecule has 1 saturated heterocycles. The highest BCUT2D eigenvalue weighted by molar-refractivity contribution is 7.87. The Bertz CT molecular complexity index is 928. The van der Waals surface area contributed by atoms with Crippen LogP contribution in [0, 0.1) is 11.7 Å². The van der Waals surface area contributed by atoms with E-state index >= 15 is 0 Å². The number of nitrogens with one attached hydrogen (secondary N) is 2. The summed E-state index contributed by atoms with van der Waals surface area (Å²) in [4.78, 5) is 17.3. The van der Waals surface area contributed by atoms with Crippen LogP contribution >= 0.6 is 0 Å². The van der Waals surface area contributed by atoms with Crippen molar-refractivity contribution in [2.75, 3.05) is 26.7 Å². The van der Waals surface area contributed by atoms with Gasteiger partial charge in [-0.05, 0) is 37.0 Å². The Kier molecular flexibility index (Phi) is 5.17. The van der Waals surface area contributed by atoms with Gasteiger partial charge in [0.1, 0.15) is 17.3 Å². The molecule has 0 spiro atoms. The van der Waals surface area contributed by atoms with Gasteiger partial charge in [0, 0.05) is 25.0 Å². The summed E-state index contributed by atoms with van der Waals surface area (Å²) in [5.74, 6) is -0.274. The Balaban J connectivity index is 1.78. The normalized spacial score (nSPS) is 18.3. The highest BCUT2D eigenvalue weighted by Crippen LogP contribution is 2.29. The number of carbonyl (C=O) groups excluding carboxylic acids is 1. The monoisotopic (exact) mass is 384 g/mol. The molecule has 1 atom stereocenters. The number of aromatic nitrogens is 1. The van der Waals surface area contributed by atoms with E-state index in [1.807, 2.05) is 0 Å². The standard InChI is InChI=1S/C16H21FN4O4S/c1-25-14-5-4-12(17)15-11(14)7-13(20-15)16(22)21-6-2-3-10(9-21)8-19-26(18,23)24/h4-5,7,10,19-20H,2-3,6,8-9H2,1H3,(H2,18,23,24). The molecule has 0 bridgehead atoms. The molecule has 8 nitrogen and oxygen atoms in total. The van der Waals surface area contributed by atoms with Gasteiger partial charge < -0.3 is 14.6 Å². The molecular formula is C16H21FN4O4S. The average molecular weight is 384 g/mol. The molecule has 26 heavy (non-hydrogen) atoms. The third-order valence-corrected chi connectivity index (χ3v) is 5.10. The number of aromatic amines is 1. The predicted octanol–water partition coefficient (Wildman–Crippen LogP) is 0.961. The molecule has 2 aromatic rings. The summed E-state index contributed by atoms with van der Waals surface area (Å²) in [5, 5.41) is 5.45. The topological polar surface area (TPSA) is 118 Å². The molecule has 1 aliphatic rings. The Hall–Kier alpha value is -2.17. The molecule has 2 heterocycles. The van der Waals surface area contributed by atoms with Crippen molar-refractivity contribution in [2.24, 2.45) is 11.1 Å². The van der Waals surface area contributed by atoms with E-state index in [1.165, 1.54) is 19.2 Å². The molecule has 1 unspecified atom stereocenters. The minimum Gasteiger partial charge on any atom is -0.496 e. The van der Waals surface area contributed by atoms with Crippen LogP contribution < -0.4 is 14.6 Å². The number of likely N-dealkylation sites (tertiary alicyclic amines) is 1. The lowest BCUT2D eigenvalue weighted by atomic mass is 9.98. The van der Waals surface area contributed by atoms with Crippen LogP contribution in [0.4, 0.5) is 4.39 Å². The van der Waals surface area contributed by atoms with Gasteiger partial charge in [-0.1, -0.05) is 0 Å². The van der Waals surface area contributed by atoms with Crippen LogP contribution in [0.15, 0.2) is 18.2 Å². The van der Waals surface area contributed by atoms with Crippen LogP contribution in [0.5, 0.6) is 5.75 Å². The second kappa shape index (κ2) is 7.22. The largest absolute Gasteiger partial charge is 0.496 e. The lowest BCUT2D eigenvalue weighted by molar-refractivity contribution is 0.0671. The van der Waals surface area contributed by atoms with Crippen LogP contribution in [0.3, 0.4) is 0 Å². The summed E-state index contributed by atoms with van der Waals surface area (Å²) in [6.45, 7) is 1.13. The maximum absolute atomic E-state index is 14.0. The number of H-pyrrole nitrogens is 1. The summed E-state index contributed by atoms with van der Waals surface area (Å²) in [5.41, 5.74) is 0.487. The van der Waals surface area contributed by atoms with Crippen LogP contribution in [0.2, 0.25) is 0 Å². The number of fused-ring (bicyclic) bond motifs is 1. The summed E-state index contributed by atoms with van der Waals surface area (Å²) in [7, 11) is -2.28. The van der Waals surface area contributed by atoms with Gasteiger partial charge in [-0.15, -0.1) is 0 Å². The number of nitrogens with two attached hydrogens (primary N) is 1. The Morgan fingerprint density at radius 3 is 2.96 bits per heavy atom. The van der Waals surface area contributed by atoms with Crippen molar-refractivity contribution < 1.29 is 22.3 Å². The second-order valence-corrected chi connectivity index (χ2v) is 7.75. The van der Waals surface area contributed by atoms with Crippen LogP contribution in [-0.4, -0.2) is 51.0 Å². The zero-order valence-electron chi connectivity index (χ0n) is 14.3. The highest BCUT2D eigenvalue weighted by atomic mass is 32.2. The first-order valence-electron chi connectivity index (χ1n) is 8.20. The fourth-order valence-electron chi connectivity index (χ4n) is 3.27. The molecule has 4 N–H and O–H groups in total. The summed E-state index contributed by atoms with van der Waals surface area (Å²) in [6.07, 6.45) is 1.54. The van der Waals surface area contributed by atoms with Gasteiger partial charge in [0.2, 0.25) is 0 Å². The lowest BCUT2D eigenvalue weighted by Gasteiger charge is -2.32. The first-order chi connectivity index (χ1) is 12.3. The first kappa shape index (κ1) is 18.6. The molecule has 1 aliphatic heterocycles. The number of benzene rings is 1. The number of carbonyl (C=O) groups is 1. The Morgan fingerprint density at radius 1 is 1.50 bits per heavy atom. The van der Waals surface area contributed by atoms with E-state index in [0.29, 0.717) is 24.2 Å². The van der Waals surface area contributed by atoms with Gasteiger partial charge in [-0.3, -0.25) is 4.79 Å². The number of amides is 1. The Labute approximate surface area is 150 Å². The van der Waals surface area contributed by atoms with E-state index in [4.69, 9.17) is 9.88 Å². The zero-order valence-corrected chi connectivity index (χ0v) is 15.1. The molecule has 3 rings (SSSR count). The van der Waals surface area contributed by atoms with Crippen molar-refractivity contribution in [2.45, 2.75) is 12.8 Å². The molecule has 0 radical (unpaired) electrons. The van der Waals surface area contributed by atoms with Gasteiger partial charge in [0.15, 0.2) is 0 Å². The molecule has 1 aromatic carbocycles. The molecule has 0 saturated carbocycles. The maximum Gasteiger partial charge on any atom is 0.274 e. The lowest BCUT2D eigenvalue weighted by Crippen LogP contribution is -2.44. The van der Waals surface area contributed by atoms with Crippen LogP contribution in [0.1, 0.15) is 23.3 Å². The zero-order chi connectivity index (χ0) is 18.9. The van der Waals surface area contributed by atoms with E-state index in [1.54, 1.807) is 11.0 Å². The third kappa shape index (κ3) is 3.97. The van der Waals surface area contributed by atoms with Gasteiger partial charge in [-0.2, -0.15) is 8.42 Å². The van der Waals surface area contributed by atoms with E-state index in [2.05, 4.69) is 9.71 Å². The average Bonchev–Trinajstić information content (AvgIpc) is 3.06. The second-order valence-electron chi connectivity index (χ2n) is 6.37. The third-order valence-electron chi connectivity index (χ3n) is 4.53. The summed E-state index contributed by atoms with van der Waals surface area (Å²) < 4.78 is 43.6. The van der Waals surface area contributed by atoms with Gasteiger partial charge in [-0.25, -0.2) is 14.3 Å². The number of rotatable bonds is 5. The quantitative estimate of drug-likeness (QED) is 0.712. The first-order valence-corrected chi connectivity index (χ1v) is 9.75. The van der Waals surface area contributed by atoms with Crippen molar-refractivity contribution in [1.82, 2.24) is 14.6 Å². The molecular weight excluding hydrogens is 363 g/mol. The molecule has 10 heteroatoms. The molecule has 1 amide bonds. The molecule has 0 aliphatic carbocycles. The SMILES string of the molecule is COc1ccc(F)c2[nH]c(C(=O)N3CCCC(CNS(N)(=O)=O)C3)cc12. The number of hydrogen-bond acceptors (Lipinski definition) is 4. The number of ether oxygens (including phenoxy) is 1. The van der Waals surface area contributed by atoms with E-state index in [-0.39, 0.29) is 29.6 Å². The van der Waals surface area contributed by atoms with Crippen LogP contribution in [-0.2, 0) is 10.2 Å². The number of piperidine rings is 1. The summed E-state index contributed by atoms with van der Waals surface area (Å²) in [6, 6.07) is 4.36. The van der Waals surface area contributed by atoms with Gasteiger partial charge in [0.25, 0.3) is 16.1 Å². The minimum absolute atomic E-state index is 0.0262. The number of hydrogen-bond donors (Lipinski definition) is 3. The van der Waals surface area contributed by atoms with Crippen molar-refractivity contribution in [3.8, 4) is 5.75 Å². The minimum atomic E-state index is -3.76. The van der Waals surface area contributed by atoms with Crippen molar-refractivity contribution in [1.29, 1.82) is 0 Å². The van der Waals surface area contributed by atoms with Gasteiger partial charge in [0.05, 0.1) is 12.6 Å². The van der Waals surface area contributed by atoms with Crippen molar-refractivity contribution in [3.05, 3.63) is 29.7 Å². The van der Waals surface area contributed by atoms with Crippen molar-refractivity contribution in [3.63, 3.8) is 0 Å². The molecule has 142 valence electrons. The highest BCUT2D eigenvalue weighted by Gasteiger charge is 2.26. The smallest absolute Gasteiger partial charge is 0.274 e. The number of methoxy groups -OCH3 is 1. The van der Waals surface area contributed by atoms with Crippen molar-refractivity contribution >= 4 is 27.0 Å².